The van der Waals surface area contributed by atoms with Crippen molar-refractivity contribution in [2.75, 3.05) is 20.1 Å². The minimum atomic E-state index is -0.483. The molecule has 0 aliphatic carbocycles. The number of likely N-dealkylation sites (tertiary alicyclic amines) is 1. The van der Waals surface area contributed by atoms with Gasteiger partial charge in [0.15, 0.2) is 0 Å². The van der Waals surface area contributed by atoms with Gasteiger partial charge >= 0.3 is 0 Å². The zero-order valence-corrected chi connectivity index (χ0v) is 11.9. The van der Waals surface area contributed by atoms with Gasteiger partial charge in [-0.05, 0) is 37.1 Å². The van der Waals surface area contributed by atoms with Crippen LogP contribution in [0, 0.1) is 5.92 Å². The molecule has 2 heterocycles. The monoisotopic (exact) mass is 275 g/mol. The second-order valence-corrected chi connectivity index (χ2v) is 6.03. The van der Waals surface area contributed by atoms with Gasteiger partial charge in [0.1, 0.15) is 17.5 Å². The molecule has 2 fully saturated rings. The van der Waals surface area contributed by atoms with E-state index in [1.165, 1.54) is 0 Å². The maximum Gasteiger partial charge on any atom is 0.242 e. The molecule has 5 nitrogen and oxygen atoms in total. The number of piperidine rings is 1. The molecule has 1 aromatic rings. The van der Waals surface area contributed by atoms with Gasteiger partial charge in [-0.2, -0.15) is 0 Å². The topological polar surface area (TPSA) is 64.6 Å². The Labute approximate surface area is 119 Å². The molecule has 20 heavy (non-hydrogen) atoms. The lowest BCUT2D eigenvalue weighted by atomic mass is 9.79. The number of benzene rings is 1. The highest BCUT2D eigenvalue weighted by atomic mass is 16.3. The molecule has 5 heteroatoms. The van der Waals surface area contributed by atoms with E-state index in [2.05, 4.69) is 29.5 Å². The van der Waals surface area contributed by atoms with Crippen LogP contribution < -0.4 is 10.6 Å². The van der Waals surface area contributed by atoms with Gasteiger partial charge in [0.25, 0.3) is 0 Å². The Morgan fingerprint density at radius 3 is 2.95 bits per heavy atom. The van der Waals surface area contributed by atoms with E-state index in [4.69, 9.17) is 0 Å². The zero-order valence-electron chi connectivity index (χ0n) is 11.9. The minimum Gasteiger partial charge on any atom is -0.508 e. The fourth-order valence-corrected chi connectivity index (χ4v) is 3.37. The van der Waals surface area contributed by atoms with Gasteiger partial charge in [-0.1, -0.05) is 19.1 Å². The number of hydrogen-bond donors (Lipinski definition) is 3. The number of amides is 1. The van der Waals surface area contributed by atoms with Crippen LogP contribution in [-0.2, 0) is 4.79 Å². The lowest BCUT2D eigenvalue weighted by Crippen LogP contribution is -2.59. The Morgan fingerprint density at radius 1 is 1.45 bits per heavy atom. The Balaban J connectivity index is 1.85. The second kappa shape index (κ2) is 4.75. The van der Waals surface area contributed by atoms with Gasteiger partial charge in [0.05, 0.1) is 0 Å². The van der Waals surface area contributed by atoms with E-state index in [9.17, 15) is 9.90 Å². The molecule has 3 atom stereocenters. The summed E-state index contributed by atoms with van der Waals surface area (Å²) in [5.74, 6) is 0.547. The van der Waals surface area contributed by atoms with Crippen molar-refractivity contribution in [2.45, 2.75) is 25.0 Å². The maximum atomic E-state index is 12.5. The third-order valence-electron chi connectivity index (χ3n) is 4.60. The molecule has 0 saturated carbocycles. The first-order valence-corrected chi connectivity index (χ1v) is 7.07. The van der Waals surface area contributed by atoms with Crippen molar-refractivity contribution < 1.29 is 9.90 Å². The van der Waals surface area contributed by atoms with Crippen molar-refractivity contribution >= 4 is 5.91 Å². The van der Waals surface area contributed by atoms with Crippen molar-refractivity contribution in [1.29, 1.82) is 0 Å². The van der Waals surface area contributed by atoms with E-state index < -0.39 is 5.54 Å². The van der Waals surface area contributed by atoms with Gasteiger partial charge in [0, 0.05) is 13.1 Å². The van der Waals surface area contributed by atoms with Crippen molar-refractivity contribution in [3.8, 4) is 5.75 Å². The molecule has 0 aromatic heterocycles. The summed E-state index contributed by atoms with van der Waals surface area (Å²) in [4.78, 5) is 14.7. The lowest BCUT2D eigenvalue weighted by Gasteiger charge is -2.41. The number of nitrogens with one attached hydrogen (secondary N) is 2. The fraction of sp³-hybridized carbons (Fsp3) is 0.533. The molecule has 2 unspecified atom stereocenters. The normalized spacial score (nSPS) is 34.4. The molecule has 3 rings (SSSR count). The summed E-state index contributed by atoms with van der Waals surface area (Å²) in [5, 5.41) is 16.1. The Morgan fingerprint density at radius 2 is 2.25 bits per heavy atom. The molecule has 1 amide bonds. The number of carbonyl (C=O) groups is 1. The van der Waals surface area contributed by atoms with Gasteiger partial charge in [-0.25, -0.2) is 0 Å². The number of aromatic hydroxyl groups is 1. The van der Waals surface area contributed by atoms with E-state index >= 15 is 0 Å². The first-order chi connectivity index (χ1) is 9.51. The Kier molecular flexibility index (Phi) is 3.18. The molecule has 2 aliphatic heterocycles. The lowest BCUT2D eigenvalue weighted by molar-refractivity contribution is -0.127. The quantitative estimate of drug-likeness (QED) is 0.710. The number of carbonyl (C=O) groups excluding carboxylic acids is 1. The van der Waals surface area contributed by atoms with Crippen LogP contribution in [0.25, 0.3) is 0 Å². The van der Waals surface area contributed by atoms with Crippen LogP contribution in [0.1, 0.15) is 25.1 Å². The highest BCUT2D eigenvalue weighted by Crippen LogP contribution is 2.34. The van der Waals surface area contributed by atoms with E-state index in [-0.39, 0.29) is 23.7 Å². The van der Waals surface area contributed by atoms with Gasteiger partial charge in [-0.3, -0.25) is 10.1 Å². The molecular weight excluding hydrogens is 254 g/mol. The summed E-state index contributed by atoms with van der Waals surface area (Å²) in [5.41, 5.74) is 0.407. The molecule has 1 spiro atoms. The van der Waals surface area contributed by atoms with Gasteiger partial charge in [0.2, 0.25) is 5.91 Å². The average Bonchev–Trinajstić information content (AvgIpc) is 2.73. The van der Waals surface area contributed by atoms with Crippen LogP contribution in [0.15, 0.2) is 24.3 Å². The number of nitrogens with zero attached hydrogens (tertiary/aromatic N) is 1. The van der Waals surface area contributed by atoms with Crippen LogP contribution in [0.3, 0.4) is 0 Å². The van der Waals surface area contributed by atoms with Gasteiger partial charge in [-0.15, -0.1) is 0 Å². The number of hydrogen-bond acceptors (Lipinski definition) is 4. The number of rotatable bonds is 1. The summed E-state index contributed by atoms with van der Waals surface area (Å²) in [6.07, 6.45) is 0.590. The molecular formula is C15H21N3O2. The summed E-state index contributed by atoms with van der Waals surface area (Å²) in [6, 6.07) is 7.03. The fourth-order valence-electron chi connectivity index (χ4n) is 3.37. The largest absolute Gasteiger partial charge is 0.508 e. The third kappa shape index (κ3) is 2.07. The summed E-state index contributed by atoms with van der Waals surface area (Å²) in [7, 11) is 2.09. The molecule has 2 aliphatic rings. The predicted octanol–water partition coefficient (Wildman–Crippen LogP) is 0.821. The SMILES string of the molecule is C[C@@H]1CN(C)CCC12NC(c1cccc(O)c1)NC2=O. The summed E-state index contributed by atoms with van der Waals surface area (Å²) in [6.45, 7) is 3.94. The summed E-state index contributed by atoms with van der Waals surface area (Å²) < 4.78 is 0. The average molecular weight is 275 g/mol. The highest BCUT2D eigenvalue weighted by molar-refractivity contribution is 5.89. The molecule has 2 saturated heterocycles. The molecule has 0 bridgehead atoms. The number of phenolic OH excluding ortho intramolecular Hbond substituents is 1. The van der Waals surface area contributed by atoms with Crippen molar-refractivity contribution in [2.24, 2.45) is 5.92 Å². The molecule has 0 radical (unpaired) electrons. The van der Waals surface area contributed by atoms with Crippen molar-refractivity contribution in [1.82, 2.24) is 15.5 Å². The molecule has 1 aromatic carbocycles. The summed E-state index contributed by atoms with van der Waals surface area (Å²) >= 11 is 0. The van der Waals surface area contributed by atoms with Crippen LogP contribution in [0.4, 0.5) is 0 Å². The standard InChI is InChI=1S/C15H21N3O2/c1-10-9-18(2)7-6-15(10)14(20)16-13(17-15)11-4-3-5-12(19)8-11/h3-5,8,10,13,17,19H,6-7,9H2,1-2H3,(H,16,20)/t10-,13?,15?/m1/s1. The smallest absolute Gasteiger partial charge is 0.242 e. The van der Waals surface area contributed by atoms with E-state index in [1.54, 1.807) is 18.2 Å². The van der Waals surface area contributed by atoms with Crippen LogP contribution in [0.5, 0.6) is 5.75 Å². The second-order valence-electron chi connectivity index (χ2n) is 6.03. The number of phenols is 1. The first-order valence-electron chi connectivity index (χ1n) is 7.07. The predicted molar refractivity (Wildman–Crippen MR) is 76.1 cm³/mol. The van der Waals surface area contributed by atoms with Crippen molar-refractivity contribution in [3.05, 3.63) is 29.8 Å². The van der Waals surface area contributed by atoms with Crippen LogP contribution in [-0.4, -0.2) is 41.6 Å². The van der Waals surface area contributed by atoms with E-state index in [0.717, 1.165) is 25.1 Å². The Bertz CT molecular complexity index is 534. The van der Waals surface area contributed by atoms with E-state index in [0.29, 0.717) is 0 Å². The third-order valence-corrected chi connectivity index (χ3v) is 4.60. The zero-order chi connectivity index (χ0) is 14.3. The van der Waals surface area contributed by atoms with E-state index in [1.807, 2.05) is 6.07 Å². The molecule has 108 valence electrons. The van der Waals surface area contributed by atoms with Gasteiger partial charge < -0.3 is 15.3 Å². The minimum absolute atomic E-state index is 0.0754. The van der Waals surface area contributed by atoms with Crippen LogP contribution >= 0.6 is 0 Å². The highest BCUT2D eigenvalue weighted by Gasteiger charge is 2.51. The van der Waals surface area contributed by atoms with Crippen LogP contribution in [0.2, 0.25) is 0 Å². The molecule has 3 N–H and O–H groups in total. The maximum absolute atomic E-state index is 12.5. The first kappa shape index (κ1) is 13.4. The Hall–Kier alpha value is -1.59. The van der Waals surface area contributed by atoms with Crippen molar-refractivity contribution in [3.63, 3.8) is 0 Å².